The summed E-state index contributed by atoms with van der Waals surface area (Å²) in [6.45, 7) is 0.385. The number of methoxy groups -OCH3 is 1. The molecule has 5 nitrogen and oxygen atoms in total. The van der Waals surface area contributed by atoms with Gasteiger partial charge in [-0.3, -0.25) is 0 Å². The summed E-state index contributed by atoms with van der Waals surface area (Å²) >= 11 is 0. The normalized spacial score (nSPS) is 10.8. The highest BCUT2D eigenvalue weighted by molar-refractivity contribution is 5.29. The van der Waals surface area contributed by atoms with Gasteiger partial charge in [0.1, 0.15) is 5.82 Å². The van der Waals surface area contributed by atoms with Gasteiger partial charge in [0.15, 0.2) is 0 Å². The summed E-state index contributed by atoms with van der Waals surface area (Å²) in [6, 6.07) is 14.7. The third-order valence-electron chi connectivity index (χ3n) is 3.82. The molecular formula is C18H18FN3O2. The van der Waals surface area contributed by atoms with Gasteiger partial charge in [-0.1, -0.05) is 36.4 Å². The smallest absolute Gasteiger partial charge is 0.348 e. The van der Waals surface area contributed by atoms with Crippen LogP contribution in [-0.2, 0) is 20.0 Å². The first kappa shape index (κ1) is 16.0. The summed E-state index contributed by atoms with van der Waals surface area (Å²) in [5.41, 5.74) is 2.74. The van der Waals surface area contributed by atoms with E-state index in [1.165, 1.54) is 28.5 Å². The van der Waals surface area contributed by atoms with Gasteiger partial charge >= 0.3 is 11.7 Å². The van der Waals surface area contributed by atoms with Crippen LogP contribution in [0.1, 0.15) is 16.7 Å². The van der Waals surface area contributed by atoms with E-state index < -0.39 is 0 Å². The number of aryl methyl sites for hydroxylation is 1. The number of halogens is 1. The lowest BCUT2D eigenvalue weighted by Gasteiger charge is -2.06. The van der Waals surface area contributed by atoms with Crippen LogP contribution < -0.4 is 10.4 Å². The zero-order valence-corrected chi connectivity index (χ0v) is 13.6. The number of rotatable bonds is 5. The second-order valence-corrected chi connectivity index (χ2v) is 5.60. The first-order chi connectivity index (χ1) is 11.6. The molecule has 0 aliphatic heterocycles. The molecule has 6 heteroatoms. The van der Waals surface area contributed by atoms with Gasteiger partial charge in [-0.25, -0.2) is 18.4 Å². The van der Waals surface area contributed by atoms with E-state index in [1.54, 1.807) is 13.1 Å². The van der Waals surface area contributed by atoms with E-state index in [9.17, 15) is 9.18 Å². The minimum atomic E-state index is -0.229. The molecule has 0 fully saturated rings. The maximum atomic E-state index is 13.2. The quantitative estimate of drug-likeness (QED) is 0.723. The molecule has 0 aliphatic rings. The molecule has 0 spiro atoms. The maximum absolute atomic E-state index is 13.2. The van der Waals surface area contributed by atoms with Gasteiger partial charge in [0, 0.05) is 7.05 Å². The van der Waals surface area contributed by atoms with Gasteiger partial charge in [0.2, 0.25) is 0 Å². The molecule has 1 aromatic heterocycles. The highest BCUT2D eigenvalue weighted by Gasteiger charge is 2.11. The molecule has 0 saturated heterocycles. The van der Waals surface area contributed by atoms with E-state index in [-0.39, 0.29) is 17.5 Å². The molecule has 0 atom stereocenters. The number of ether oxygens (including phenoxy) is 1. The summed E-state index contributed by atoms with van der Waals surface area (Å²) in [5, 5.41) is 4.02. The Morgan fingerprint density at radius 1 is 1.08 bits per heavy atom. The van der Waals surface area contributed by atoms with Gasteiger partial charge in [-0.2, -0.15) is 0 Å². The van der Waals surface area contributed by atoms with Crippen LogP contribution >= 0.6 is 0 Å². The van der Waals surface area contributed by atoms with Crippen molar-refractivity contribution >= 4 is 0 Å². The van der Waals surface area contributed by atoms with Crippen LogP contribution in [0.5, 0.6) is 6.01 Å². The van der Waals surface area contributed by atoms with E-state index in [2.05, 4.69) is 5.10 Å². The molecule has 3 rings (SSSR count). The van der Waals surface area contributed by atoms with Crippen molar-refractivity contribution in [3.05, 3.63) is 81.5 Å². The highest BCUT2D eigenvalue weighted by Crippen LogP contribution is 2.14. The predicted molar refractivity (Wildman–Crippen MR) is 88.8 cm³/mol. The Kier molecular flexibility index (Phi) is 4.46. The Bertz CT molecular complexity index is 897. The van der Waals surface area contributed by atoms with Crippen molar-refractivity contribution < 1.29 is 9.13 Å². The lowest BCUT2D eigenvalue weighted by molar-refractivity contribution is 0.357. The minimum absolute atomic E-state index is 0.226. The molecule has 0 saturated carbocycles. The van der Waals surface area contributed by atoms with E-state index in [4.69, 9.17) is 4.74 Å². The number of hydrogen-bond acceptors (Lipinski definition) is 3. The van der Waals surface area contributed by atoms with E-state index in [0.717, 1.165) is 16.7 Å². The fraction of sp³-hybridized carbons (Fsp3) is 0.222. The zero-order valence-electron chi connectivity index (χ0n) is 13.6. The predicted octanol–water partition coefficient (Wildman–Crippen LogP) is 2.37. The van der Waals surface area contributed by atoms with Crippen LogP contribution in [0.4, 0.5) is 4.39 Å². The molecule has 0 aliphatic carbocycles. The van der Waals surface area contributed by atoms with Crippen molar-refractivity contribution in [3.63, 3.8) is 0 Å². The summed E-state index contributed by atoms with van der Waals surface area (Å²) in [4.78, 5) is 12.0. The fourth-order valence-electron chi connectivity index (χ4n) is 2.60. The van der Waals surface area contributed by atoms with Crippen molar-refractivity contribution in [2.75, 3.05) is 7.11 Å². The molecule has 24 heavy (non-hydrogen) atoms. The second-order valence-electron chi connectivity index (χ2n) is 5.60. The SMILES string of the molecule is COc1nn(C)c(=O)n1Cc1ccc(Cc2cccc(F)c2)cc1. The molecule has 0 amide bonds. The number of benzene rings is 2. The van der Waals surface area contributed by atoms with Crippen molar-refractivity contribution in [3.8, 4) is 6.01 Å². The molecule has 0 unspecified atom stereocenters. The topological polar surface area (TPSA) is 49.1 Å². The average Bonchev–Trinajstić information content (AvgIpc) is 2.84. The van der Waals surface area contributed by atoms with Crippen LogP contribution in [0, 0.1) is 5.82 Å². The Hall–Kier alpha value is -2.89. The Balaban J connectivity index is 1.77. The average molecular weight is 327 g/mol. The second kappa shape index (κ2) is 6.70. The van der Waals surface area contributed by atoms with E-state index in [0.29, 0.717) is 13.0 Å². The van der Waals surface area contributed by atoms with Crippen LogP contribution in [0.2, 0.25) is 0 Å². The summed E-state index contributed by atoms with van der Waals surface area (Å²) in [6.07, 6.45) is 0.661. The number of aromatic nitrogens is 3. The lowest BCUT2D eigenvalue weighted by atomic mass is 10.0. The summed E-state index contributed by atoms with van der Waals surface area (Å²) < 4.78 is 21.1. The van der Waals surface area contributed by atoms with Gasteiger partial charge in [-0.15, -0.1) is 5.10 Å². The first-order valence-electron chi connectivity index (χ1n) is 7.57. The van der Waals surface area contributed by atoms with Gasteiger partial charge in [-0.05, 0) is 35.2 Å². The molecule has 0 radical (unpaired) electrons. The van der Waals surface area contributed by atoms with Gasteiger partial charge in [0.25, 0.3) is 0 Å². The standard InChI is InChI=1S/C18H18FN3O2/c1-21-18(23)22(17(20-21)24-2)12-14-8-6-13(7-9-14)10-15-4-3-5-16(19)11-15/h3-9,11H,10,12H2,1-2H3. The fourth-order valence-corrected chi connectivity index (χ4v) is 2.60. The van der Waals surface area contributed by atoms with E-state index in [1.807, 2.05) is 30.3 Å². The number of hydrogen-bond donors (Lipinski definition) is 0. The minimum Gasteiger partial charge on any atom is -0.467 e. The molecular weight excluding hydrogens is 309 g/mol. The molecule has 0 N–H and O–H groups in total. The van der Waals surface area contributed by atoms with E-state index >= 15 is 0 Å². The largest absolute Gasteiger partial charge is 0.467 e. The van der Waals surface area contributed by atoms with Crippen LogP contribution in [0.15, 0.2) is 53.3 Å². The lowest BCUT2D eigenvalue weighted by Crippen LogP contribution is -2.23. The molecule has 0 bridgehead atoms. The maximum Gasteiger partial charge on any atom is 0.348 e. The van der Waals surface area contributed by atoms with Gasteiger partial charge < -0.3 is 4.74 Å². The monoisotopic (exact) mass is 327 g/mol. The molecule has 1 heterocycles. The van der Waals surface area contributed by atoms with Crippen LogP contribution in [0.3, 0.4) is 0 Å². The van der Waals surface area contributed by atoms with Crippen LogP contribution in [0.25, 0.3) is 0 Å². The van der Waals surface area contributed by atoms with Crippen molar-refractivity contribution in [2.24, 2.45) is 7.05 Å². The third-order valence-corrected chi connectivity index (χ3v) is 3.82. The summed E-state index contributed by atoms with van der Waals surface area (Å²) in [7, 11) is 3.07. The third kappa shape index (κ3) is 3.37. The number of nitrogens with zero attached hydrogens (tertiary/aromatic N) is 3. The zero-order chi connectivity index (χ0) is 17.1. The first-order valence-corrected chi connectivity index (χ1v) is 7.57. The Morgan fingerprint density at radius 3 is 2.46 bits per heavy atom. The van der Waals surface area contributed by atoms with Gasteiger partial charge in [0.05, 0.1) is 13.7 Å². The Labute approximate surface area is 138 Å². The van der Waals surface area contributed by atoms with Crippen molar-refractivity contribution in [1.82, 2.24) is 14.3 Å². The van der Waals surface area contributed by atoms with Crippen molar-refractivity contribution in [1.29, 1.82) is 0 Å². The Morgan fingerprint density at radius 2 is 1.79 bits per heavy atom. The molecule has 124 valence electrons. The highest BCUT2D eigenvalue weighted by atomic mass is 19.1. The molecule has 3 aromatic rings. The summed E-state index contributed by atoms with van der Waals surface area (Å²) in [5.74, 6) is -0.229. The molecule has 2 aromatic carbocycles. The van der Waals surface area contributed by atoms with Crippen molar-refractivity contribution in [2.45, 2.75) is 13.0 Å². The van der Waals surface area contributed by atoms with Crippen LogP contribution in [-0.4, -0.2) is 21.5 Å².